The van der Waals surface area contributed by atoms with E-state index < -0.39 is 0 Å². The summed E-state index contributed by atoms with van der Waals surface area (Å²) in [4.78, 5) is 10.9. The van der Waals surface area contributed by atoms with E-state index >= 15 is 0 Å². The Morgan fingerprint density at radius 1 is 0.786 bits per heavy atom. The first-order chi connectivity index (χ1) is 13.7. The lowest BCUT2D eigenvalue weighted by molar-refractivity contribution is 0.155. The van der Waals surface area contributed by atoms with Crippen molar-refractivity contribution in [1.82, 2.24) is 0 Å². The number of hydrogen-bond donors (Lipinski definition) is 0. The Kier molecular flexibility index (Phi) is 5.00. The molecule has 142 valence electrons. The molecular weight excluding hydrogens is 352 g/mol. The summed E-state index contributed by atoms with van der Waals surface area (Å²) in [6.45, 7) is 0. The lowest BCUT2D eigenvalue weighted by Crippen LogP contribution is -2.36. The molecule has 1 unspecified atom stereocenters. The molecule has 0 spiro atoms. The van der Waals surface area contributed by atoms with Crippen molar-refractivity contribution < 1.29 is 14.3 Å². The molecule has 28 heavy (non-hydrogen) atoms. The molecule has 1 aliphatic rings. The standard InChI is InChI=1S/C23H22N2O3/c1-26-18-11-9-17(10-12-18)23-22(16-7-5-4-6-8-16)24-20-14-13-19(27-2)15-21(20)25(23)28-3/h4-15,23H,1-3H3. The zero-order chi connectivity index (χ0) is 19.5. The van der Waals surface area contributed by atoms with E-state index in [1.54, 1.807) is 21.3 Å². The molecule has 0 aliphatic carbocycles. The minimum atomic E-state index is -0.210. The second-order valence-electron chi connectivity index (χ2n) is 6.40. The van der Waals surface area contributed by atoms with Crippen LogP contribution in [0.15, 0.2) is 77.8 Å². The van der Waals surface area contributed by atoms with Crippen LogP contribution in [-0.2, 0) is 4.84 Å². The van der Waals surface area contributed by atoms with Crippen LogP contribution in [-0.4, -0.2) is 27.0 Å². The monoisotopic (exact) mass is 374 g/mol. The van der Waals surface area contributed by atoms with Crippen molar-refractivity contribution in [3.05, 3.63) is 83.9 Å². The van der Waals surface area contributed by atoms with Crippen molar-refractivity contribution in [2.24, 2.45) is 4.99 Å². The van der Waals surface area contributed by atoms with Crippen molar-refractivity contribution in [2.75, 3.05) is 26.4 Å². The van der Waals surface area contributed by atoms with Crippen LogP contribution in [0.25, 0.3) is 0 Å². The summed E-state index contributed by atoms with van der Waals surface area (Å²) in [5, 5.41) is 1.88. The number of anilines is 1. The predicted octanol–water partition coefficient (Wildman–Crippen LogP) is 4.95. The van der Waals surface area contributed by atoms with Gasteiger partial charge in [-0.2, -0.15) is 0 Å². The fraction of sp³-hybridized carbons (Fsp3) is 0.174. The highest BCUT2D eigenvalue weighted by Crippen LogP contribution is 2.43. The maximum atomic E-state index is 5.86. The van der Waals surface area contributed by atoms with Crippen LogP contribution in [0.1, 0.15) is 17.2 Å². The van der Waals surface area contributed by atoms with E-state index in [2.05, 4.69) is 12.1 Å². The number of nitrogens with zero attached hydrogens (tertiary/aromatic N) is 2. The zero-order valence-electron chi connectivity index (χ0n) is 16.1. The number of benzene rings is 3. The number of hydrogen-bond acceptors (Lipinski definition) is 5. The van der Waals surface area contributed by atoms with Crippen LogP contribution in [0, 0.1) is 0 Å². The van der Waals surface area contributed by atoms with Crippen molar-refractivity contribution in [2.45, 2.75) is 6.04 Å². The SMILES string of the molecule is COc1ccc(C2C(c3ccccc3)=Nc3ccc(OC)cc3N2OC)cc1. The van der Waals surface area contributed by atoms with E-state index in [0.717, 1.165) is 39.7 Å². The number of methoxy groups -OCH3 is 2. The van der Waals surface area contributed by atoms with Gasteiger partial charge in [0.15, 0.2) is 0 Å². The number of ether oxygens (including phenoxy) is 2. The van der Waals surface area contributed by atoms with Crippen LogP contribution in [0.5, 0.6) is 11.5 Å². The molecular formula is C23H22N2O3. The molecule has 1 aliphatic heterocycles. The molecule has 0 N–H and O–H groups in total. The maximum absolute atomic E-state index is 5.86. The predicted molar refractivity (Wildman–Crippen MR) is 111 cm³/mol. The average molecular weight is 374 g/mol. The summed E-state index contributed by atoms with van der Waals surface area (Å²) >= 11 is 0. The molecule has 3 aromatic rings. The minimum Gasteiger partial charge on any atom is -0.497 e. The van der Waals surface area contributed by atoms with E-state index in [-0.39, 0.29) is 6.04 Å². The quantitative estimate of drug-likeness (QED) is 0.634. The van der Waals surface area contributed by atoms with Crippen LogP contribution < -0.4 is 14.5 Å². The Hall–Kier alpha value is -3.31. The summed E-state index contributed by atoms with van der Waals surface area (Å²) in [6.07, 6.45) is 0. The van der Waals surface area contributed by atoms with Gasteiger partial charge in [0.05, 0.1) is 38.4 Å². The van der Waals surface area contributed by atoms with E-state index in [4.69, 9.17) is 19.3 Å². The van der Waals surface area contributed by atoms with Gasteiger partial charge in [-0.05, 0) is 35.4 Å². The molecule has 1 atom stereocenters. The number of hydroxylamine groups is 1. The first kappa shape index (κ1) is 18.1. The Labute approximate surface area is 164 Å². The Morgan fingerprint density at radius 3 is 2.11 bits per heavy atom. The van der Waals surface area contributed by atoms with Gasteiger partial charge in [0, 0.05) is 6.07 Å². The van der Waals surface area contributed by atoms with Crippen LogP contribution in [0.4, 0.5) is 11.4 Å². The minimum absolute atomic E-state index is 0.210. The summed E-state index contributed by atoms with van der Waals surface area (Å²) in [7, 11) is 4.99. The van der Waals surface area contributed by atoms with Crippen molar-refractivity contribution in [3.8, 4) is 11.5 Å². The molecule has 0 amide bonds. The van der Waals surface area contributed by atoms with Crippen molar-refractivity contribution >= 4 is 17.1 Å². The van der Waals surface area contributed by atoms with Gasteiger partial charge in [-0.25, -0.2) is 10.1 Å². The topological polar surface area (TPSA) is 43.3 Å². The molecule has 4 rings (SSSR count). The molecule has 3 aromatic carbocycles. The van der Waals surface area contributed by atoms with Crippen molar-refractivity contribution in [3.63, 3.8) is 0 Å². The summed E-state index contributed by atoms with van der Waals surface area (Å²) in [5.74, 6) is 1.57. The lowest BCUT2D eigenvalue weighted by atomic mass is 9.93. The molecule has 5 nitrogen and oxygen atoms in total. The molecule has 0 bridgehead atoms. The van der Waals surface area contributed by atoms with E-state index in [1.807, 2.05) is 65.7 Å². The third kappa shape index (κ3) is 3.21. The van der Waals surface area contributed by atoms with E-state index in [0.29, 0.717) is 0 Å². The van der Waals surface area contributed by atoms with Gasteiger partial charge < -0.3 is 9.47 Å². The highest BCUT2D eigenvalue weighted by Gasteiger charge is 2.33. The Morgan fingerprint density at radius 2 is 1.46 bits per heavy atom. The highest BCUT2D eigenvalue weighted by atomic mass is 16.7. The van der Waals surface area contributed by atoms with Gasteiger partial charge in [0.1, 0.15) is 17.5 Å². The fourth-order valence-electron chi connectivity index (χ4n) is 3.46. The summed E-state index contributed by atoms with van der Waals surface area (Å²) in [5.41, 5.74) is 4.73. The van der Waals surface area contributed by atoms with Gasteiger partial charge in [0.2, 0.25) is 0 Å². The molecule has 0 saturated heterocycles. The molecule has 0 fully saturated rings. The third-order valence-corrected chi connectivity index (χ3v) is 4.85. The van der Waals surface area contributed by atoms with Gasteiger partial charge in [0.25, 0.3) is 0 Å². The van der Waals surface area contributed by atoms with Crippen LogP contribution in [0.3, 0.4) is 0 Å². The normalized spacial score (nSPS) is 15.6. The van der Waals surface area contributed by atoms with Gasteiger partial charge >= 0.3 is 0 Å². The Bertz CT molecular complexity index is 984. The average Bonchev–Trinajstić information content (AvgIpc) is 2.78. The second-order valence-corrected chi connectivity index (χ2v) is 6.40. The number of fused-ring (bicyclic) bond motifs is 1. The van der Waals surface area contributed by atoms with Crippen molar-refractivity contribution in [1.29, 1.82) is 0 Å². The molecule has 0 aromatic heterocycles. The molecule has 0 saturated carbocycles. The maximum Gasteiger partial charge on any atom is 0.124 e. The summed E-state index contributed by atoms with van der Waals surface area (Å²) in [6, 6.07) is 23.8. The lowest BCUT2D eigenvalue weighted by Gasteiger charge is -2.36. The van der Waals surface area contributed by atoms with E-state index in [1.165, 1.54) is 0 Å². The smallest absolute Gasteiger partial charge is 0.124 e. The first-order valence-electron chi connectivity index (χ1n) is 9.04. The molecule has 0 radical (unpaired) electrons. The largest absolute Gasteiger partial charge is 0.497 e. The van der Waals surface area contributed by atoms with Gasteiger partial charge in [-0.15, -0.1) is 0 Å². The first-order valence-corrected chi connectivity index (χ1v) is 9.04. The highest BCUT2D eigenvalue weighted by molar-refractivity contribution is 6.10. The summed E-state index contributed by atoms with van der Waals surface area (Å²) < 4.78 is 10.7. The van der Waals surface area contributed by atoms with Crippen LogP contribution in [0.2, 0.25) is 0 Å². The van der Waals surface area contributed by atoms with Gasteiger partial charge in [-0.3, -0.25) is 4.84 Å². The molecule has 1 heterocycles. The second kappa shape index (κ2) is 7.74. The van der Waals surface area contributed by atoms with E-state index in [9.17, 15) is 0 Å². The number of aliphatic imine (C=N–C) groups is 1. The zero-order valence-corrected chi connectivity index (χ0v) is 16.1. The Balaban J connectivity index is 1.91. The fourth-order valence-corrected chi connectivity index (χ4v) is 3.46. The molecule has 5 heteroatoms. The third-order valence-electron chi connectivity index (χ3n) is 4.85. The van der Waals surface area contributed by atoms with Crippen LogP contribution >= 0.6 is 0 Å². The van der Waals surface area contributed by atoms with Gasteiger partial charge in [-0.1, -0.05) is 42.5 Å². The number of rotatable bonds is 5.